The molecular formula is C6H13NO3. The highest BCUT2D eigenvalue weighted by Crippen LogP contribution is 1.85. The fraction of sp³-hybridized carbons (Fsp3) is 0.833. The van der Waals surface area contributed by atoms with Crippen LogP contribution in [0.2, 0.25) is 0 Å². The minimum atomic E-state index is 0. The van der Waals surface area contributed by atoms with Crippen molar-refractivity contribution < 1.29 is 14.9 Å². The van der Waals surface area contributed by atoms with Gasteiger partial charge in [-0.05, 0) is 0 Å². The number of hydrogen-bond acceptors (Lipinski definition) is 3. The molecule has 60 valence electrons. The maximum atomic E-state index is 7.32. The second-order valence-corrected chi connectivity index (χ2v) is 1.45. The van der Waals surface area contributed by atoms with Gasteiger partial charge in [-0.25, -0.2) is 0 Å². The zero-order valence-corrected chi connectivity index (χ0v) is 6.09. The number of nitriles is 1. The first-order valence-electron chi connectivity index (χ1n) is 2.88. The summed E-state index contributed by atoms with van der Waals surface area (Å²) in [6.07, 6.45) is 0. The van der Waals surface area contributed by atoms with E-state index in [1.165, 1.54) is 6.92 Å². The fourth-order valence-electron chi connectivity index (χ4n) is 0.440. The van der Waals surface area contributed by atoms with Crippen molar-refractivity contribution in [2.45, 2.75) is 6.92 Å². The predicted molar refractivity (Wildman–Crippen MR) is 36.5 cm³/mol. The van der Waals surface area contributed by atoms with Crippen molar-refractivity contribution >= 4 is 0 Å². The molecule has 0 aromatic heterocycles. The monoisotopic (exact) mass is 147 g/mol. The van der Waals surface area contributed by atoms with E-state index in [2.05, 4.69) is 0 Å². The Morgan fingerprint density at radius 2 is 1.30 bits per heavy atom. The minimum absolute atomic E-state index is 0. The van der Waals surface area contributed by atoms with Crippen molar-refractivity contribution in [1.29, 1.82) is 5.26 Å². The van der Waals surface area contributed by atoms with Crippen molar-refractivity contribution in [3.05, 3.63) is 0 Å². The molecular weight excluding hydrogens is 134 g/mol. The van der Waals surface area contributed by atoms with E-state index >= 15 is 0 Å². The molecule has 10 heavy (non-hydrogen) atoms. The largest absolute Gasteiger partial charge is 0.412 e. The Morgan fingerprint density at radius 1 is 1.10 bits per heavy atom. The lowest BCUT2D eigenvalue weighted by Crippen LogP contribution is -2.16. The van der Waals surface area contributed by atoms with E-state index in [4.69, 9.17) is 14.7 Å². The molecule has 0 aromatic carbocycles. The van der Waals surface area contributed by atoms with Gasteiger partial charge in [0.15, 0.2) is 0 Å². The molecule has 2 N–H and O–H groups in total. The standard InChI is InChI=1S/C4H8O2.C2H3N.H2O/c1-2-6-4-3-5-1;1-2-3;/h1-4H2;1H3;1H2. The molecule has 0 radical (unpaired) electrons. The third-order valence-electron chi connectivity index (χ3n) is 0.744. The van der Waals surface area contributed by atoms with Crippen molar-refractivity contribution in [2.24, 2.45) is 0 Å². The Kier molecular flexibility index (Phi) is 13.5. The van der Waals surface area contributed by atoms with Crippen LogP contribution in [0.1, 0.15) is 6.92 Å². The number of hydrogen-bond donors (Lipinski definition) is 0. The Labute approximate surface area is 60.7 Å². The van der Waals surface area contributed by atoms with E-state index in [1.54, 1.807) is 6.07 Å². The zero-order valence-electron chi connectivity index (χ0n) is 6.09. The second kappa shape index (κ2) is 11.2. The van der Waals surface area contributed by atoms with Crippen LogP contribution in [0.3, 0.4) is 0 Å². The van der Waals surface area contributed by atoms with Crippen molar-refractivity contribution in [3.63, 3.8) is 0 Å². The van der Waals surface area contributed by atoms with Gasteiger partial charge in [0.2, 0.25) is 0 Å². The normalized spacial score (nSPS) is 15.2. The first kappa shape index (κ1) is 12.1. The number of nitrogens with zero attached hydrogens (tertiary/aromatic N) is 1. The first-order valence-corrected chi connectivity index (χ1v) is 2.88. The van der Waals surface area contributed by atoms with E-state index in [0.717, 1.165) is 26.4 Å². The Balaban J connectivity index is 0. The van der Waals surface area contributed by atoms with Crippen LogP contribution in [0, 0.1) is 11.3 Å². The molecule has 1 heterocycles. The predicted octanol–water partition coefficient (Wildman–Crippen LogP) is -0.262. The summed E-state index contributed by atoms with van der Waals surface area (Å²) in [7, 11) is 0. The summed E-state index contributed by atoms with van der Waals surface area (Å²) in [5.41, 5.74) is 0. The van der Waals surface area contributed by atoms with E-state index in [9.17, 15) is 0 Å². The number of ether oxygens (including phenoxy) is 2. The number of rotatable bonds is 0. The molecule has 0 bridgehead atoms. The van der Waals surface area contributed by atoms with Gasteiger partial charge in [0, 0.05) is 6.92 Å². The summed E-state index contributed by atoms with van der Waals surface area (Å²) < 4.78 is 9.89. The summed E-state index contributed by atoms with van der Waals surface area (Å²) in [5.74, 6) is 0. The lowest BCUT2D eigenvalue weighted by molar-refractivity contribution is -0.0334. The minimum Gasteiger partial charge on any atom is -0.412 e. The quantitative estimate of drug-likeness (QED) is 0.473. The molecule has 0 atom stereocenters. The molecule has 0 aliphatic carbocycles. The molecule has 0 aromatic rings. The second-order valence-electron chi connectivity index (χ2n) is 1.45. The topological polar surface area (TPSA) is 73.8 Å². The lowest BCUT2D eigenvalue weighted by Gasteiger charge is -2.09. The third kappa shape index (κ3) is 10.4. The molecule has 1 aliphatic rings. The smallest absolute Gasteiger partial charge is 0.0701 e. The zero-order chi connectivity index (χ0) is 6.95. The Hall–Kier alpha value is -0.630. The van der Waals surface area contributed by atoms with Crippen LogP contribution in [0.25, 0.3) is 0 Å². The average Bonchev–Trinajstić information content (AvgIpc) is 1.93. The van der Waals surface area contributed by atoms with Gasteiger partial charge in [-0.2, -0.15) is 5.26 Å². The van der Waals surface area contributed by atoms with Gasteiger partial charge in [-0.15, -0.1) is 0 Å². The summed E-state index contributed by atoms with van der Waals surface area (Å²) in [5, 5.41) is 7.32. The van der Waals surface area contributed by atoms with Gasteiger partial charge in [-0.3, -0.25) is 0 Å². The Morgan fingerprint density at radius 3 is 1.40 bits per heavy atom. The third-order valence-corrected chi connectivity index (χ3v) is 0.744. The van der Waals surface area contributed by atoms with Crippen LogP contribution in [-0.2, 0) is 9.47 Å². The SMILES string of the molecule is C1COCCO1.CC#N.O. The maximum Gasteiger partial charge on any atom is 0.0701 e. The average molecular weight is 147 g/mol. The highest BCUT2D eigenvalue weighted by molar-refractivity contribution is 4.51. The van der Waals surface area contributed by atoms with Crippen molar-refractivity contribution in [1.82, 2.24) is 0 Å². The van der Waals surface area contributed by atoms with Crippen LogP contribution in [0.4, 0.5) is 0 Å². The molecule has 0 amide bonds. The molecule has 1 fully saturated rings. The van der Waals surface area contributed by atoms with E-state index in [1.807, 2.05) is 0 Å². The van der Waals surface area contributed by atoms with Gasteiger partial charge in [0.25, 0.3) is 0 Å². The van der Waals surface area contributed by atoms with Gasteiger partial charge >= 0.3 is 0 Å². The summed E-state index contributed by atoms with van der Waals surface area (Å²) in [6.45, 7) is 4.54. The molecule has 4 nitrogen and oxygen atoms in total. The Bertz CT molecular complexity index is 74.0. The first-order chi connectivity index (χ1) is 4.41. The van der Waals surface area contributed by atoms with Gasteiger partial charge in [0.1, 0.15) is 0 Å². The van der Waals surface area contributed by atoms with Gasteiger partial charge in [-0.1, -0.05) is 0 Å². The molecule has 4 heteroatoms. The van der Waals surface area contributed by atoms with Crippen molar-refractivity contribution in [3.8, 4) is 6.07 Å². The van der Waals surface area contributed by atoms with Crippen LogP contribution in [0.15, 0.2) is 0 Å². The van der Waals surface area contributed by atoms with Gasteiger partial charge < -0.3 is 14.9 Å². The van der Waals surface area contributed by atoms with E-state index in [0.29, 0.717) is 0 Å². The van der Waals surface area contributed by atoms with Crippen LogP contribution in [0.5, 0.6) is 0 Å². The maximum absolute atomic E-state index is 7.32. The molecule has 1 rings (SSSR count). The van der Waals surface area contributed by atoms with Crippen LogP contribution < -0.4 is 0 Å². The molecule has 0 spiro atoms. The van der Waals surface area contributed by atoms with Crippen LogP contribution >= 0.6 is 0 Å². The fourth-order valence-corrected chi connectivity index (χ4v) is 0.440. The van der Waals surface area contributed by atoms with Crippen LogP contribution in [-0.4, -0.2) is 31.9 Å². The molecule has 0 unspecified atom stereocenters. The summed E-state index contributed by atoms with van der Waals surface area (Å²) in [6, 6.07) is 1.75. The van der Waals surface area contributed by atoms with E-state index < -0.39 is 0 Å². The van der Waals surface area contributed by atoms with Gasteiger partial charge in [0.05, 0.1) is 32.5 Å². The lowest BCUT2D eigenvalue weighted by atomic mass is 10.6. The molecule has 1 aliphatic heterocycles. The molecule has 0 saturated carbocycles. The van der Waals surface area contributed by atoms with Crippen molar-refractivity contribution in [2.75, 3.05) is 26.4 Å². The summed E-state index contributed by atoms with van der Waals surface area (Å²) in [4.78, 5) is 0. The highest BCUT2D eigenvalue weighted by Gasteiger charge is 1.94. The highest BCUT2D eigenvalue weighted by atomic mass is 16.6. The molecule has 1 saturated heterocycles. The summed E-state index contributed by atoms with van der Waals surface area (Å²) >= 11 is 0. The van der Waals surface area contributed by atoms with E-state index in [-0.39, 0.29) is 5.48 Å².